The van der Waals surface area contributed by atoms with Gasteiger partial charge in [0.25, 0.3) is 0 Å². The Balaban J connectivity index is 3.35. The van der Waals surface area contributed by atoms with Crippen LogP contribution in [-0.4, -0.2) is 19.7 Å². The summed E-state index contributed by atoms with van der Waals surface area (Å²) in [7, 11) is 1.72. The van der Waals surface area contributed by atoms with Crippen LogP contribution in [0.2, 0.25) is 0 Å². The van der Waals surface area contributed by atoms with Gasteiger partial charge in [0.05, 0.1) is 7.11 Å². The van der Waals surface area contributed by atoms with Crippen molar-refractivity contribution in [1.82, 2.24) is 0 Å². The van der Waals surface area contributed by atoms with Gasteiger partial charge in [-0.2, -0.15) is 0 Å². The second-order valence-corrected chi connectivity index (χ2v) is 6.20. The molecule has 0 spiro atoms. The quantitative estimate of drug-likeness (QED) is 0.773. The maximum Gasteiger partial charge on any atom is 0.125 e. The Hall–Kier alpha value is -1.22. The van der Waals surface area contributed by atoms with Gasteiger partial charge in [-0.25, -0.2) is 0 Å². The van der Waals surface area contributed by atoms with Gasteiger partial charge in [0.1, 0.15) is 5.75 Å². The van der Waals surface area contributed by atoms with E-state index < -0.39 is 0 Å². The number of hydrogen-bond acceptors (Lipinski definition) is 3. The molecule has 1 atom stereocenters. The lowest BCUT2D eigenvalue weighted by molar-refractivity contribution is 0.406. The van der Waals surface area contributed by atoms with Crippen LogP contribution in [0.1, 0.15) is 59.1 Å². The van der Waals surface area contributed by atoms with Gasteiger partial charge in [-0.1, -0.05) is 33.8 Å². The number of benzene rings is 1. The summed E-state index contributed by atoms with van der Waals surface area (Å²) in [6, 6.07) is 6.75. The Morgan fingerprint density at radius 1 is 1.14 bits per heavy atom. The molecule has 1 rings (SSSR count). The van der Waals surface area contributed by atoms with Gasteiger partial charge in [-0.3, -0.25) is 0 Å². The van der Waals surface area contributed by atoms with Crippen LogP contribution in [0.4, 0.5) is 5.69 Å². The van der Waals surface area contributed by atoms with Crippen molar-refractivity contribution >= 4 is 5.69 Å². The van der Waals surface area contributed by atoms with Crippen molar-refractivity contribution in [2.24, 2.45) is 11.7 Å². The summed E-state index contributed by atoms with van der Waals surface area (Å²) in [5.41, 5.74) is 8.58. The van der Waals surface area contributed by atoms with Gasteiger partial charge >= 0.3 is 0 Å². The topological polar surface area (TPSA) is 38.5 Å². The minimum atomic E-state index is -0.0415. The van der Waals surface area contributed by atoms with Gasteiger partial charge in [-0.05, 0) is 37.8 Å². The minimum absolute atomic E-state index is 0.0415. The molecule has 0 aliphatic heterocycles. The highest BCUT2D eigenvalue weighted by Gasteiger charge is 2.23. The van der Waals surface area contributed by atoms with E-state index in [-0.39, 0.29) is 6.04 Å². The standard InChI is InChI=1S/C18H32N2O/c1-7-15(8-2)20(12-13(3)4)16-10-9-11-17(21-6)18(16)14(5)19/h9-11,13-15H,7-8,12,19H2,1-6H3. The fourth-order valence-electron chi connectivity index (χ4n) is 2.99. The minimum Gasteiger partial charge on any atom is -0.496 e. The molecule has 0 radical (unpaired) electrons. The molecule has 0 aromatic heterocycles. The first-order valence-electron chi connectivity index (χ1n) is 8.15. The zero-order valence-corrected chi connectivity index (χ0v) is 14.5. The number of anilines is 1. The third-order valence-corrected chi connectivity index (χ3v) is 3.97. The van der Waals surface area contributed by atoms with Crippen LogP contribution >= 0.6 is 0 Å². The lowest BCUT2D eigenvalue weighted by atomic mass is 10.00. The Morgan fingerprint density at radius 3 is 2.19 bits per heavy atom. The fraction of sp³-hybridized carbons (Fsp3) is 0.667. The Morgan fingerprint density at radius 2 is 1.76 bits per heavy atom. The summed E-state index contributed by atoms with van der Waals surface area (Å²) in [4.78, 5) is 2.52. The summed E-state index contributed by atoms with van der Waals surface area (Å²) in [6.45, 7) is 12.1. The predicted octanol–water partition coefficient (Wildman–Crippen LogP) is 4.37. The van der Waals surface area contributed by atoms with Crippen molar-refractivity contribution in [3.63, 3.8) is 0 Å². The zero-order valence-electron chi connectivity index (χ0n) is 14.5. The van der Waals surface area contributed by atoms with E-state index in [9.17, 15) is 0 Å². The molecule has 0 fully saturated rings. The molecule has 1 unspecified atom stereocenters. The first-order chi connectivity index (χ1) is 9.96. The molecule has 1 aromatic rings. The van der Waals surface area contributed by atoms with Crippen LogP contribution in [0.5, 0.6) is 5.75 Å². The number of nitrogens with zero attached hydrogens (tertiary/aromatic N) is 1. The highest BCUT2D eigenvalue weighted by molar-refractivity contribution is 5.61. The molecule has 0 amide bonds. The Bertz CT molecular complexity index is 425. The fourth-order valence-corrected chi connectivity index (χ4v) is 2.99. The molecule has 3 nitrogen and oxygen atoms in total. The van der Waals surface area contributed by atoms with Gasteiger partial charge in [0.15, 0.2) is 0 Å². The molecule has 21 heavy (non-hydrogen) atoms. The van der Waals surface area contributed by atoms with Gasteiger partial charge in [-0.15, -0.1) is 0 Å². The van der Waals surface area contributed by atoms with E-state index in [4.69, 9.17) is 10.5 Å². The monoisotopic (exact) mass is 292 g/mol. The van der Waals surface area contributed by atoms with Crippen LogP contribution in [0.25, 0.3) is 0 Å². The largest absolute Gasteiger partial charge is 0.496 e. The second kappa shape index (κ2) is 8.28. The van der Waals surface area contributed by atoms with Crippen molar-refractivity contribution in [2.75, 3.05) is 18.6 Å². The molecule has 2 N–H and O–H groups in total. The van der Waals surface area contributed by atoms with Crippen molar-refractivity contribution in [2.45, 2.75) is 59.5 Å². The number of rotatable bonds is 8. The van der Waals surface area contributed by atoms with Crippen LogP contribution in [-0.2, 0) is 0 Å². The normalized spacial score (nSPS) is 12.8. The van der Waals surface area contributed by atoms with Crippen LogP contribution in [0, 0.1) is 5.92 Å². The SMILES string of the molecule is CCC(CC)N(CC(C)C)c1cccc(OC)c1C(C)N. The Kier molecular flexibility index (Phi) is 7.03. The molecule has 1 aromatic carbocycles. The first kappa shape index (κ1) is 17.8. The van der Waals surface area contributed by atoms with Gasteiger partial charge in [0.2, 0.25) is 0 Å². The molecule has 0 saturated heterocycles. The van der Waals surface area contributed by atoms with Crippen molar-refractivity contribution in [1.29, 1.82) is 0 Å². The van der Waals surface area contributed by atoms with Crippen molar-refractivity contribution in [3.05, 3.63) is 23.8 Å². The van der Waals surface area contributed by atoms with Crippen LogP contribution in [0.3, 0.4) is 0 Å². The average Bonchev–Trinajstić information content (AvgIpc) is 2.46. The van der Waals surface area contributed by atoms with Gasteiger partial charge in [0, 0.05) is 29.9 Å². The third-order valence-electron chi connectivity index (χ3n) is 3.97. The molecule has 0 aliphatic rings. The number of nitrogens with two attached hydrogens (primary N) is 1. The summed E-state index contributed by atoms with van der Waals surface area (Å²) in [5.74, 6) is 1.50. The smallest absolute Gasteiger partial charge is 0.125 e. The lowest BCUT2D eigenvalue weighted by Crippen LogP contribution is -2.38. The maximum atomic E-state index is 6.24. The van der Waals surface area contributed by atoms with E-state index in [1.807, 2.05) is 13.0 Å². The van der Waals surface area contributed by atoms with Crippen LogP contribution in [0.15, 0.2) is 18.2 Å². The molecular formula is C18H32N2O. The van der Waals surface area contributed by atoms with E-state index in [0.29, 0.717) is 12.0 Å². The molecule has 120 valence electrons. The van der Waals surface area contributed by atoms with E-state index in [0.717, 1.165) is 30.7 Å². The summed E-state index contributed by atoms with van der Waals surface area (Å²) < 4.78 is 5.54. The predicted molar refractivity (Wildman–Crippen MR) is 92.2 cm³/mol. The molecular weight excluding hydrogens is 260 g/mol. The lowest BCUT2D eigenvalue weighted by Gasteiger charge is -2.36. The first-order valence-corrected chi connectivity index (χ1v) is 8.15. The van der Waals surface area contributed by atoms with E-state index >= 15 is 0 Å². The third kappa shape index (κ3) is 4.37. The molecule has 0 saturated carbocycles. The number of methoxy groups -OCH3 is 1. The van der Waals surface area contributed by atoms with E-state index in [1.54, 1.807) is 7.11 Å². The van der Waals surface area contributed by atoms with Crippen LogP contribution < -0.4 is 15.4 Å². The molecule has 0 bridgehead atoms. The number of hydrogen-bond donors (Lipinski definition) is 1. The summed E-state index contributed by atoms with van der Waals surface area (Å²) in [5, 5.41) is 0. The molecule has 3 heteroatoms. The van der Waals surface area contributed by atoms with E-state index in [1.165, 1.54) is 5.69 Å². The Labute approximate surface area is 130 Å². The molecule has 0 aliphatic carbocycles. The zero-order chi connectivity index (χ0) is 16.0. The second-order valence-electron chi connectivity index (χ2n) is 6.20. The highest BCUT2D eigenvalue weighted by Crippen LogP contribution is 2.35. The van der Waals surface area contributed by atoms with E-state index in [2.05, 4.69) is 44.7 Å². The van der Waals surface area contributed by atoms with Crippen molar-refractivity contribution < 1.29 is 4.74 Å². The summed E-state index contributed by atoms with van der Waals surface area (Å²) in [6.07, 6.45) is 2.28. The average molecular weight is 292 g/mol. The number of ether oxygens (including phenoxy) is 1. The maximum absolute atomic E-state index is 6.24. The highest BCUT2D eigenvalue weighted by atomic mass is 16.5. The van der Waals surface area contributed by atoms with Crippen molar-refractivity contribution in [3.8, 4) is 5.75 Å². The summed E-state index contributed by atoms with van der Waals surface area (Å²) >= 11 is 0. The van der Waals surface area contributed by atoms with Gasteiger partial charge < -0.3 is 15.4 Å². The molecule has 0 heterocycles.